The quantitative estimate of drug-likeness (QED) is 0.344. The second-order valence-electron chi connectivity index (χ2n) is 6.59. The van der Waals surface area contributed by atoms with E-state index in [0.717, 1.165) is 16.6 Å². The third-order valence-corrected chi connectivity index (χ3v) is 5.34. The van der Waals surface area contributed by atoms with Crippen molar-refractivity contribution in [2.75, 3.05) is 29.0 Å². The number of benzene rings is 2. The largest absolute Gasteiger partial charge is 0.349 e. The second kappa shape index (κ2) is 9.85. The van der Waals surface area contributed by atoms with Crippen LogP contribution >= 0.6 is 0 Å². The third kappa shape index (κ3) is 6.12. The van der Waals surface area contributed by atoms with Gasteiger partial charge in [-0.05, 0) is 24.6 Å². The number of aryl methyl sites for hydroxylation is 1. The summed E-state index contributed by atoms with van der Waals surface area (Å²) in [6, 6.07) is 9.99. The average Bonchev–Trinajstić information content (AvgIpc) is 2.70. The molecule has 10 nitrogen and oxygen atoms in total. The van der Waals surface area contributed by atoms with Gasteiger partial charge in [-0.1, -0.05) is 24.3 Å². The van der Waals surface area contributed by atoms with E-state index in [1.54, 1.807) is 19.1 Å². The average molecular weight is 446 g/mol. The van der Waals surface area contributed by atoms with E-state index in [1.807, 2.05) is 0 Å². The Bertz CT molecular complexity index is 1130. The van der Waals surface area contributed by atoms with Crippen LogP contribution in [0.3, 0.4) is 0 Å². The number of hydrogen-bond donors (Lipinski definition) is 2. The van der Waals surface area contributed by atoms with Gasteiger partial charge in [0.2, 0.25) is 15.9 Å². The Kier molecular flexibility index (Phi) is 7.48. The fourth-order valence-electron chi connectivity index (χ4n) is 2.73. The Hall–Kier alpha value is -3.73. The molecule has 0 bridgehead atoms. The molecule has 2 amide bonds. The number of nitrogens with zero attached hydrogens (tertiary/aromatic N) is 2. The molecule has 11 heteroatoms. The van der Waals surface area contributed by atoms with E-state index in [9.17, 15) is 28.1 Å². The third-order valence-electron chi connectivity index (χ3n) is 4.21. The van der Waals surface area contributed by atoms with E-state index in [4.69, 9.17) is 0 Å². The van der Waals surface area contributed by atoms with Gasteiger partial charge in [0.25, 0.3) is 11.6 Å². The summed E-state index contributed by atoms with van der Waals surface area (Å²) in [5.74, 6) is -1.16. The van der Waals surface area contributed by atoms with Crippen molar-refractivity contribution < 1.29 is 22.9 Å². The molecule has 2 rings (SSSR count). The Balaban J connectivity index is 2.33. The van der Waals surface area contributed by atoms with Crippen molar-refractivity contribution in [2.24, 2.45) is 0 Å². The van der Waals surface area contributed by atoms with Crippen LogP contribution in [0.25, 0.3) is 0 Å². The van der Waals surface area contributed by atoms with Crippen LogP contribution in [0, 0.1) is 17.0 Å². The molecule has 2 aromatic carbocycles. The number of rotatable bonds is 9. The van der Waals surface area contributed by atoms with Gasteiger partial charge in [-0.15, -0.1) is 6.58 Å². The van der Waals surface area contributed by atoms with Crippen LogP contribution in [-0.4, -0.2) is 44.5 Å². The summed E-state index contributed by atoms with van der Waals surface area (Å²) in [6.07, 6.45) is 2.40. The summed E-state index contributed by atoms with van der Waals surface area (Å²) in [7, 11) is -3.95. The number of amides is 2. The summed E-state index contributed by atoms with van der Waals surface area (Å²) in [4.78, 5) is 35.4. The van der Waals surface area contributed by atoms with E-state index in [2.05, 4.69) is 17.2 Å². The number of carbonyl (C=O) groups is 2. The zero-order valence-corrected chi connectivity index (χ0v) is 17.8. The number of para-hydroxylation sites is 1. The number of sulfonamides is 1. The summed E-state index contributed by atoms with van der Waals surface area (Å²) in [5.41, 5.74) is 0.532. The lowest BCUT2D eigenvalue weighted by atomic mass is 10.1. The standard InChI is InChI=1S/C20H22N4O6S/c1-4-11-21-20(26)16-7-5-6-8-17(16)22-19(25)13-23(31(3,29)30)18-12-15(24(27)28)10-9-14(18)2/h4-10,12H,1,11,13H2,2-3H3,(H,21,26)(H,22,25). The van der Waals surface area contributed by atoms with Crippen LogP contribution in [-0.2, 0) is 14.8 Å². The lowest BCUT2D eigenvalue weighted by molar-refractivity contribution is -0.384. The lowest BCUT2D eigenvalue weighted by Crippen LogP contribution is -2.38. The number of nitro benzene ring substituents is 1. The first-order valence-corrected chi connectivity index (χ1v) is 10.9. The molecular formula is C20H22N4O6S. The molecular weight excluding hydrogens is 424 g/mol. The minimum atomic E-state index is -3.95. The van der Waals surface area contributed by atoms with Crippen LogP contribution < -0.4 is 14.9 Å². The molecule has 0 spiro atoms. The molecule has 0 aromatic heterocycles. The van der Waals surface area contributed by atoms with E-state index in [0.29, 0.717) is 5.56 Å². The van der Waals surface area contributed by atoms with Crippen molar-refractivity contribution in [3.05, 3.63) is 76.4 Å². The maximum atomic E-state index is 12.7. The minimum absolute atomic E-state index is 0.0175. The first kappa shape index (κ1) is 23.5. The van der Waals surface area contributed by atoms with Crippen molar-refractivity contribution in [1.29, 1.82) is 0 Å². The first-order valence-electron chi connectivity index (χ1n) is 9.05. The van der Waals surface area contributed by atoms with Gasteiger partial charge in [-0.2, -0.15) is 0 Å². The minimum Gasteiger partial charge on any atom is -0.349 e. The highest BCUT2D eigenvalue weighted by Crippen LogP contribution is 2.27. The Morgan fingerprint density at radius 1 is 1.23 bits per heavy atom. The van der Waals surface area contributed by atoms with E-state index >= 15 is 0 Å². The van der Waals surface area contributed by atoms with Crippen LogP contribution in [0.5, 0.6) is 0 Å². The zero-order valence-electron chi connectivity index (χ0n) is 17.0. The van der Waals surface area contributed by atoms with Gasteiger partial charge in [0.15, 0.2) is 0 Å². The van der Waals surface area contributed by atoms with E-state index in [-0.39, 0.29) is 29.2 Å². The van der Waals surface area contributed by atoms with E-state index < -0.39 is 33.3 Å². The molecule has 0 atom stereocenters. The molecule has 0 heterocycles. The Morgan fingerprint density at radius 2 is 1.90 bits per heavy atom. The second-order valence-corrected chi connectivity index (χ2v) is 8.50. The SMILES string of the molecule is C=CCNC(=O)c1ccccc1NC(=O)CN(c1cc([N+](=O)[O-])ccc1C)S(C)(=O)=O. The molecule has 0 saturated carbocycles. The predicted molar refractivity (Wildman–Crippen MR) is 118 cm³/mol. The summed E-state index contributed by atoms with van der Waals surface area (Å²) < 4.78 is 25.5. The highest BCUT2D eigenvalue weighted by molar-refractivity contribution is 7.92. The van der Waals surface area contributed by atoms with Gasteiger partial charge < -0.3 is 10.6 Å². The number of nitro groups is 1. The van der Waals surface area contributed by atoms with Gasteiger partial charge in [0.1, 0.15) is 6.54 Å². The molecule has 2 N–H and O–H groups in total. The van der Waals surface area contributed by atoms with Gasteiger partial charge in [-0.3, -0.25) is 24.0 Å². The van der Waals surface area contributed by atoms with Gasteiger partial charge in [0.05, 0.1) is 28.1 Å². The lowest BCUT2D eigenvalue weighted by Gasteiger charge is -2.23. The number of hydrogen-bond acceptors (Lipinski definition) is 6. The number of nitrogens with one attached hydrogen (secondary N) is 2. The molecule has 2 aromatic rings. The number of carbonyl (C=O) groups excluding carboxylic acids is 2. The van der Waals surface area contributed by atoms with Crippen LogP contribution in [0.2, 0.25) is 0 Å². The molecule has 31 heavy (non-hydrogen) atoms. The fraction of sp³-hybridized carbons (Fsp3) is 0.200. The van der Waals surface area contributed by atoms with Crippen LogP contribution in [0.1, 0.15) is 15.9 Å². The predicted octanol–water partition coefficient (Wildman–Crippen LogP) is 2.22. The monoisotopic (exact) mass is 446 g/mol. The molecule has 0 aliphatic heterocycles. The van der Waals surface area contributed by atoms with Crippen molar-refractivity contribution in [3.63, 3.8) is 0 Å². The topological polar surface area (TPSA) is 139 Å². The molecule has 0 saturated heterocycles. The summed E-state index contributed by atoms with van der Waals surface area (Å²) in [5, 5.41) is 16.2. The van der Waals surface area contributed by atoms with Crippen molar-refractivity contribution in [2.45, 2.75) is 6.92 Å². The number of non-ortho nitro benzene ring substituents is 1. The van der Waals surface area contributed by atoms with Gasteiger partial charge in [0, 0.05) is 18.7 Å². The number of anilines is 2. The molecule has 164 valence electrons. The summed E-state index contributed by atoms with van der Waals surface area (Å²) in [6.45, 7) is 4.69. The van der Waals surface area contributed by atoms with Crippen molar-refractivity contribution in [1.82, 2.24) is 5.32 Å². The van der Waals surface area contributed by atoms with Crippen molar-refractivity contribution >= 4 is 38.9 Å². The maximum Gasteiger partial charge on any atom is 0.271 e. The molecule has 0 unspecified atom stereocenters. The smallest absolute Gasteiger partial charge is 0.271 e. The van der Waals surface area contributed by atoms with Gasteiger partial charge >= 0.3 is 0 Å². The summed E-state index contributed by atoms with van der Waals surface area (Å²) >= 11 is 0. The Morgan fingerprint density at radius 3 is 2.52 bits per heavy atom. The van der Waals surface area contributed by atoms with Crippen LogP contribution in [0.15, 0.2) is 55.1 Å². The van der Waals surface area contributed by atoms with Crippen LogP contribution in [0.4, 0.5) is 17.1 Å². The Labute approximate surface area is 179 Å². The first-order chi connectivity index (χ1) is 14.5. The normalized spacial score (nSPS) is 10.8. The zero-order chi connectivity index (χ0) is 23.2. The molecule has 0 aliphatic carbocycles. The fourth-order valence-corrected chi connectivity index (χ4v) is 3.64. The highest BCUT2D eigenvalue weighted by atomic mass is 32.2. The molecule has 0 fully saturated rings. The van der Waals surface area contributed by atoms with E-state index in [1.165, 1.54) is 30.3 Å². The molecule has 0 radical (unpaired) electrons. The maximum absolute atomic E-state index is 12.7. The molecule has 0 aliphatic rings. The van der Waals surface area contributed by atoms with Gasteiger partial charge in [-0.25, -0.2) is 8.42 Å². The highest BCUT2D eigenvalue weighted by Gasteiger charge is 2.25. The van der Waals surface area contributed by atoms with Crippen molar-refractivity contribution in [3.8, 4) is 0 Å².